The summed E-state index contributed by atoms with van der Waals surface area (Å²) in [4.78, 5) is 4.49. The summed E-state index contributed by atoms with van der Waals surface area (Å²) in [5, 5.41) is 7.78. The minimum absolute atomic E-state index is 0.109. The van der Waals surface area contributed by atoms with Crippen molar-refractivity contribution in [3.05, 3.63) is 47.5 Å². The lowest BCUT2D eigenvalue weighted by atomic mass is 10.1. The van der Waals surface area contributed by atoms with Gasteiger partial charge in [0, 0.05) is 19.4 Å². The minimum Gasteiger partial charge on any atom is -0.304 e. The highest BCUT2D eigenvalue weighted by Crippen LogP contribution is 2.20. The van der Waals surface area contributed by atoms with Crippen molar-refractivity contribution in [1.29, 1.82) is 0 Å². The van der Waals surface area contributed by atoms with E-state index in [4.69, 9.17) is 0 Å². The predicted molar refractivity (Wildman–Crippen MR) is 72.3 cm³/mol. The highest BCUT2D eigenvalue weighted by Gasteiger charge is 2.17. The van der Waals surface area contributed by atoms with Gasteiger partial charge >= 0.3 is 0 Å². The van der Waals surface area contributed by atoms with E-state index in [1.807, 2.05) is 36.3 Å². The number of hydrogen-bond acceptors (Lipinski definition) is 3. The quantitative estimate of drug-likeness (QED) is 0.877. The second kappa shape index (κ2) is 5.78. The van der Waals surface area contributed by atoms with Crippen molar-refractivity contribution < 1.29 is 0 Å². The van der Waals surface area contributed by atoms with Gasteiger partial charge in [-0.15, -0.1) is 0 Å². The molecule has 0 aliphatic rings. The molecule has 2 aromatic rings. The lowest BCUT2D eigenvalue weighted by molar-refractivity contribution is 0.543. The van der Waals surface area contributed by atoms with Crippen LogP contribution in [0.2, 0.25) is 0 Å². The number of pyridine rings is 1. The van der Waals surface area contributed by atoms with E-state index in [2.05, 4.69) is 35.3 Å². The van der Waals surface area contributed by atoms with Crippen molar-refractivity contribution in [1.82, 2.24) is 20.1 Å². The molecule has 0 radical (unpaired) electrons. The summed E-state index contributed by atoms with van der Waals surface area (Å²) in [6.45, 7) is 5.22. The second-order valence-corrected chi connectivity index (χ2v) is 4.52. The number of nitrogens with one attached hydrogen (secondary N) is 1. The Labute approximate surface area is 108 Å². The van der Waals surface area contributed by atoms with Crippen LogP contribution in [-0.2, 0) is 7.05 Å². The Morgan fingerprint density at radius 2 is 2.17 bits per heavy atom. The standard InChI is InChI=1S/C14H20N4/c1-4-7-16-14(13-6-9-17-18(13)3)12-10-11(2)5-8-15-12/h5-6,8-10,14,16H,4,7H2,1-3H3. The van der Waals surface area contributed by atoms with Crippen molar-refractivity contribution in [2.75, 3.05) is 6.54 Å². The monoisotopic (exact) mass is 244 g/mol. The third-order valence-corrected chi connectivity index (χ3v) is 2.99. The first kappa shape index (κ1) is 12.8. The maximum atomic E-state index is 4.49. The van der Waals surface area contributed by atoms with Gasteiger partial charge in [-0.3, -0.25) is 9.67 Å². The van der Waals surface area contributed by atoms with E-state index >= 15 is 0 Å². The molecule has 0 bridgehead atoms. The van der Waals surface area contributed by atoms with E-state index in [0.29, 0.717) is 0 Å². The van der Waals surface area contributed by atoms with Gasteiger partial charge in [-0.05, 0) is 43.7 Å². The van der Waals surface area contributed by atoms with Crippen LogP contribution < -0.4 is 5.32 Å². The molecule has 1 N–H and O–H groups in total. The molecule has 0 aliphatic carbocycles. The molecule has 0 saturated carbocycles. The maximum absolute atomic E-state index is 4.49. The first-order valence-corrected chi connectivity index (χ1v) is 6.36. The molecule has 1 unspecified atom stereocenters. The Bertz CT molecular complexity index is 504. The van der Waals surface area contributed by atoms with Gasteiger partial charge in [-0.1, -0.05) is 6.92 Å². The molecular formula is C14H20N4. The van der Waals surface area contributed by atoms with Crippen LogP contribution in [0.1, 0.15) is 36.3 Å². The molecule has 2 rings (SSSR count). The van der Waals surface area contributed by atoms with Gasteiger partial charge in [-0.25, -0.2) is 0 Å². The molecule has 0 aliphatic heterocycles. The van der Waals surface area contributed by atoms with Crippen LogP contribution in [0, 0.1) is 6.92 Å². The average molecular weight is 244 g/mol. The normalized spacial score (nSPS) is 12.6. The van der Waals surface area contributed by atoms with E-state index in [1.165, 1.54) is 5.56 Å². The summed E-state index contributed by atoms with van der Waals surface area (Å²) in [5.41, 5.74) is 3.42. The molecule has 96 valence electrons. The van der Waals surface area contributed by atoms with Gasteiger partial charge < -0.3 is 5.32 Å². The van der Waals surface area contributed by atoms with Gasteiger partial charge in [0.15, 0.2) is 0 Å². The summed E-state index contributed by atoms with van der Waals surface area (Å²) < 4.78 is 1.90. The van der Waals surface area contributed by atoms with Crippen LogP contribution in [-0.4, -0.2) is 21.3 Å². The van der Waals surface area contributed by atoms with Crippen molar-refractivity contribution in [2.45, 2.75) is 26.3 Å². The zero-order chi connectivity index (χ0) is 13.0. The maximum Gasteiger partial charge on any atom is 0.0921 e. The summed E-state index contributed by atoms with van der Waals surface area (Å²) in [7, 11) is 1.96. The van der Waals surface area contributed by atoms with Crippen molar-refractivity contribution in [3.8, 4) is 0 Å². The van der Waals surface area contributed by atoms with Crippen LogP contribution in [0.5, 0.6) is 0 Å². The molecule has 4 heteroatoms. The van der Waals surface area contributed by atoms with Gasteiger partial charge in [-0.2, -0.15) is 5.10 Å². The van der Waals surface area contributed by atoms with E-state index in [-0.39, 0.29) is 6.04 Å². The van der Waals surface area contributed by atoms with E-state index in [1.54, 1.807) is 0 Å². The zero-order valence-electron chi connectivity index (χ0n) is 11.2. The van der Waals surface area contributed by atoms with Crippen molar-refractivity contribution >= 4 is 0 Å². The fourth-order valence-corrected chi connectivity index (χ4v) is 2.03. The molecule has 0 saturated heterocycles. The summed E-state index contributed by atoms with van der Waals surface area (Å²) >= 11 is 0. The zero-order valence-corrected chi connectivity index (χ0v) is 11.2. The molecule has 4 nitrogen and oxygen atoms in total. The molecule has 1 atom stereocenters. The van der Waals surface area contributed by atoms with Gasteiger partial charge in [0.05, 0.1) is 17.4 Å². The topological polar surface area (TPSA) is 42.7 Å². The molecular weight excluding hydrogens is 224 g/mol. The number of aryl methyl sites for hydroxylation is 2. The number of hydrogen-bond donors (Lipinski definition) is 1. The Hall–Kier alpha value is -1.68. The Kier molecular flexibility index (Phi) is 4.10. The van der Waals surface area contributed by atoms with E-state index in [9.17, 15) is 0 Å². The minimum atomic E-state index is 0.109. The fourth-order valence-electron chi connectivity index (χ4n) is 2.03. The number of rotatable bonds is 5. The van der Waals surface area contributed by atoms with Crippen molar-refractivity contribution in [3.63, 3.8) is 0 Å². The van der Waals surface area contributed by atoms with Gasteiger partial charge in [0.25, 0.3) is 0 Å². The number of aromatic nitrogens is 3. The Balaban J connectivity index is 2.33. The van der Waals surface area contributed by atoms with Gasteiger partial charge in [0.1, 0.15) is 0 Å². The average Bonchev–Trinajstić information content (AvgIpc) is 2.77. The molecule has 0 aromatic carbocycles. The van der Waals surface area contributed by atoms with Crippen LogP contribution in [0.4, 0.5) is 0 Å². The second-order valence-electron chi connectivity index (χ2n) is 4.52. The van der Waals surface area contributed by atoms with E-state index < -0.39 is 0 Å². The third-order valence-electron chi connectivity index (χ3n) is 2.99. The summed E-state index contributed by atoms with van der Waals surface area (Å²) in [6.07, 6.45) is 4.79. The largest absolute Gasteiger partial charge is 0.304 e. The van der Waals surface area contributed by atoms with Crippen LogP contribution in [0.15, 0.2) is 30.6 Å². The molecule has 0 fully saturated rings. The summed E-state index contributed by atoms with van der Waals surface area (Å²) in [6, 6.07) is 6.29. The lowest BCUT2D eigenvalue weighted by Gasteiger charge is -2.18. The van der Waals surface area contributed by atoms with Gasteiger partial charge in [0.2, 0.25) is 0 Å². The number of nitrogens with zero attached hydrogens (tertiary/aromatic N) is 3. The van der Waals surface area contributed by atoms with Crippen LogP contribution >= 0.6 is 0 Å². The molecule has 2 aromatic heterocycles. The Morgan fingerprint density at radius 1 is 1.33 bits per heavy atom. The lowest BCUT2D eigenvalue weighted by Crippen LogP contribution is -2.26. The highest BCUT2D eigenvalue weighted by atomic mass is 15.3. The molecule has 2 heterocycles. The Morgan fingerprint density at radius 3 is 2.78 bits per heavy atom. The molecule has 0 spiro atoms. The molecule has 18 heavy (non-hydrogen) atoms. The summed E-state index contributed by atoms with van der Waals surface area (Å²) in [5.74, 6) is 0. The first-order chi connectivity index (χ1) is 8.72. The highest BCUT2D eigenvalue weighted by molar-refractivity contribution is 5.25. The fraction of sp³-hybridized carbons (Fsp3) is 0.429. The predicted octanol–water partition coefficient (Wildman–Crippen LogP) is 2.21. The van der Waals surface area contributed by atoms with E-state index in [0.717, 1.165) is 24.4 Å². The van der Waals surface area contributed by atoms with Crippen molar-refractivity contribution in [2.24, 2.45) is 7.05 Å². The SMILES string of the molecule is CCCNC(c1cc(C)ccn1)c1ccnn1C. The smallest absolute Gasteiger partial charge is 0.0921 e. The molecule has 0 amide bonds. The van der Waals surface area contributed by atoms with Crippen LogP contribution in [0.3, 0.4) is 0 Å². The third kappa shape index (κ3) is 2.76. The first-order valence-electron chi connectivity index (χ1n) is 6.36. The van der Waals surface area contributed by atoms with Crippen LogP contribution in [0.25, 0.3) is 0 Å².